The van der Waals surface area contributed by atoms with E-state index in [4.69, 9.17) is 14.2 Å². The van der Waals surface area contributed by atoms with Crippen LogP contribution in [-0.2, 0) is 4.74 Å². The number of hydrogen-bond donors (Lipinski definition) is 1. The molecule has 1 saturated carbocycles. The van der Waals surface area contributed by atoms with Crippen molar-refractivity contribution in [1.82, 2.24) is 20.4 Å². The Balaban J connectivity index is 1.47. The van der Waals surface area contributed by atoms with Crippen LogP contribution >= 0.6 is 0 Å². The first-order valence-electron chi connectivity index (χ1n) is 11.4. The highest BCUT2D eigenvalue weighted by Gasteiger charge is 2.33. The molecule has 164 valence electrons. The Hall–Kier alpha value is -2.51. The van der Waals surface area contributed by atoms with Gasteiger partial charge in [-0.1, -0.05) is 29.6 Å². The fourth-order valence-electron chi connectivity index (χ4n) is 5.02. The quantitative estimate of drug-likeness (QED) is 0.666. The van der Waals surface area contributed by atoms with Crippen molar-refractivity contribution in [3.8, 4) is 11.5 Å². The lowest BCUT2D eigenvalue weighted by atomic mass is 9.99. The molecule has 3 aromatic rings. The standard InChI is InChI=1S/C24H31N5O2/c1-15-8-9-20-17(12-15)13-19(24-25-16(2)28-31-24)23(27-20)29-11-10-21(22(14-29)30-3)26-18-6-4-5-7-18/h8-9,12-13,18,21-22,26H,4-7,10-11,14H2,1-3H3. The van der Waals surface area contributed by atoms with E-state index in [-0.39, 0.29) is 6.10 Å². The molecule has 2 unspecified atom stereocenters. The maximum absolute atomic E-state index is 5.94. The van der Waals surface area contributed by atoms with Crippen LogP contribution in [0.5, 0.6) is 0 Å². The summed E-state index contributed by atoms with van der Waals surface area (Å²) in [7, 11) is 1.82. The minimum atomic E-state index is 0.113. The molecule has 2 fully saturated rings. The number of nitrogens with one attached hydrogen (secondary N) is 1. The summed E-state index contributed by atoms with van der Waals surface area (Å²) < 4.78 is 11.5. The van der Waals surface area contributed by atoms with E-state index in [9.17, 15) is 0 Å². The molecule has 2 atom stereocenters. The topological polar surface area (TPSA) is 76.3 Å². The van der Waals surface area contributed by atoms with Crippen LogP contribution in [0.15, 0.2) is 28.8 Å². The summed E-state index contributed by atoms with van der Waals surface area (Å²) >= 11 is 0. The van der Waals surface area contributed by atoms with Crippen molar-refractivity contribution in [2.45, 2.75) is 64.1 Å². The second-order valence-electron chi connectivity index (χ2n) is 8.97. The fourth-order valence-corrected chi connectivity index (χ4v) is 5.02. The summed E-state index contributed by atoms with van der Waals surface area (Å²) in [5.74, 6) is 2.03. The summed E-state index contributed by atoms with van der Waals surface area (Å²) in [6, 6.07) is 9.47. The highest BCUT2D eigenvalue weighted by atomic mass is 16.5. The molecular formula is C24H31N5O2. The van der Waals surface area contributed by atoms with Crippen molar-refractivity contribution in [2.75, 3.05) is 25.1 Å². The van der Waals surface area contributed by atoms with E-state index in [1.807, 2.05) is 14.0 Å². The SMILES string of the molecule is COC1CN(c2nc3ccc(C)cc3cc2-c2nc(C)no2)CCC1NC1CCCC1. The third-order valence-electron chi connectivity index (χ3n) is 6.67. The average molecular weight is 422 g/mol. The summed E-state index contributed by atoms with van der Waals surface area (Å²) in [6.45, 7) is 5.63. The number of benzene rings is 1. The van der Waals surface area contributed by atoms with Crippen LogP contribution in [0, 0.1) is 13.8 Å². The van der Waals surface area contributed by atoms with Gasteiger partial charge in [0.1, 0.15) is 5.82 Å². The number of ether oxygens (including phenoxy) is 1. The Labute approximate surface area is 183 Å². The molecule has 1 saturated heterocycles. The Morgan fingerprint density at radius 3 is 2.68 bits per heavy atom. The number of hydrogen-bond acceptors (Lipinski definition) is 7. The van der Waals surface area contributed by atoms with Gasteiger partial charge in [-0.2, -0.15) is 4.98 Å². The molecule has 2 aliphatic rings. The summed E-state index contributed by atoms with van der Waals surface area (Å²) in [5.41, 5.74) is 3.06. The molecule has 0 amide bonds. The minimum absolute atomic E-state index is 0.113. The average Bonchev–Trinajstić information content (AvgIpc) is 3.45. The lowest BCUT2D eigenvalue weighted by Gasteiger charge is -2.40. The summed E-state index contributed by atoms with van der Waals surface area (Å²) in [4.78, 5) is 11.9. The number of fused-ring (bicyclic) bond motifs is 1. The normalized spacial score (nSPS) is 22.5. The van der Waals surface area contributed by atoms with Crippen LogP contribution in [0.2, 0.25) is 0 Å². The third kappa shape index (κ3) is 4.16. The van der Waals surface area contributed by atoms with Crippen LogP contribution < -0.4 is 10.2 Å². The molecule has 0 bridgehead atoms. The van der Waals surface area contributed by atoms with Gasteiger partial charge in [0.2, 0.25) is 0 Å². The van der Waals surface area contributed by atoms with Crippen molar-refractivity contribution in [1.29, 1.82) is 0 Å². The van der Waals surface area contributed by atoms with Gasteiger partial charge in [0.25, 0.3) is 5.89 Å². The number of aromatic nitrogens is 3. The van der Waals surface area contributed by atoms with Gasteiger partial charge in [-0.05, 0) is 51.3 Å². The first-order valence-corrected chi connectivity index (χ1v) is 11.4. The minimum Gasteiger partial charge on any atom is -0.378 e. The molecule has 7 nitrogen and oxygen atoms in total. The Bertz CT molecular complexity index is 1060. The summed E-state index contributed by atoms with van der Waals surface area (Å²) in [6.07, 6.45) is 6.36. The van der Waals surface area contributed by atoms with Crippen molar-refractivity contribution in [3.63, 3.8) is 0 Å². The monoisotopic (exact) mass is 421 g/mol. The molecule has 1 N–H and O–H groups in total. The number of rotatable bonds is 5. The Morgan fingerprint density at radius 2 is 1.94 bits per heavy atom. The van der Waals surface area contributed by atoms with Crippen LogP contribution in [0.1, 0.15) is 43.5 Å². The molecule has 7 heteroatoms. The first-order chi connectivity index (χ1) is 15.1. The highest BCUT2D eigenvalue weighted by Crippen LogP contribution is 2.34. The number of anilines is 1. The van der Waals surface area contributed by atoms with Gasteiger partial charge < -0.3 is 19.5 Å². The van der Waals surface area contributed by atoms with Gasteiger partial charge in [0.05, 0.1) is 17.2 Å². The van der Waals surface area contributed by atoms with Gasteiger partial charge in [-0.3, -0.25) is 0 Å². The highest BCUT2D eigenvalue weighted by molar-refractivity contribution is 5.88. The molecule has 2 aromatic heterocycles. The second kappa shape index (κ2) is 8.55. The number of pyridine rings is 1. The number of aryl methyl sites for hydroxylation is 2. The van der Waals surface area contributed by atoms with Crippen molar-refractivity contribution in [3.05, 3.63) is 35.7 Å². The maximum Gasteiger partial charge on any atom is 0.261 e. The van der Waals surface area contributed by atoms with Crippen LogP contribution in [0.3, 0.4) is 0 Å². The van der Waals surface area contributed by atoms with E-state index >= 15 is 0 Å². The van der Waals surface area contributed by atoms with E-state index < -0.39 is 0 Å². The Morgan fingerprint density at radius 1 is 1.10 bits per heavy atom. The second-order valence-corrected chi connectivity index (χ2v) is 8.97. The fraction of sp³-hybridized carbons (Fsp3) is 0.542. The van der Waals surface area contributed by atoms with Crippen LogP contribution in [0.4, 0.5) is 5.82 Å². The number of nitrogens with zero attached hydrogens (tertiary/aromatic N) is 4. The van der Waals surface area contributed by atoms with E-state index in [0.29, 0.717) is 23.8 Å². The van der Waals surface area contributed by atoms with Crippen molar-refractivity contribution in [2.24, 2.45) is 0 Å². The third-order valence-corrected chi connectivity index (χ3v) is 6.67. The predicted octanol–water partition coefficient (Wildman–Crippen LogP) is 4.03. The molecule has 5 rings (SSSR count). The first kappa shape index (κ1) is 20.4. The molecule has 1 aromatic carbocycles. The molecule has 0 radical (unpaired) electrons. The Kier molecular flexibility index (Phi) is 5.63. The van der Waals surface area contributed by atoms with Gasteiger partial charge in [0.15, 0.2) is 5.82 Å². The lowest BCUT2D eigenvalue weighted by Crippen LogP contribution is -2.55. The lowest BCUT2D eigenvalue weighted by molar-refractivity contribution is 0.0558. The predicted molar refractivity (Wildman–Crippen MR) is 121 cm³/mol. The number of methoxy groups -OCH3 is 1. The molecule has 31 heavy (non-hydrogen) atoms. The number of piperidine rings is 1. The summed E-state index contributed by atoms with van der Waals surface area (Å²) in [5, 5.41) is 8.95. The zero-order chi connectivity index (χ0) is 21.4. The molecule has 3 heterocycles. The zero-order valence-electron chi connectivity index (χ0n) is 18.6. The van der Waals surface area contributed by atoms with Crippen molar-refractivity contribution < 1.29 is 9.26 Å². The maximum atomic E-state index is 5.94. The zero-order valence-corrected chi connectivity index (χ0v) is 18.6. The molecular weight excluding hydrogens is 390 g/mol. The molecule has 1 aliphatic carbocycles. The van der Waals surface area contributed by atoms with E-state index in [1.54, 1.807) is 0 Å². The van der Waals surface area contributed by atoms with E-state index in [2.05, 4.69) is 51.5 Å². The largest absolute Gasteiger partial charge is 0.378 e. The van der Waals surface area contributed by atoms with Gasteiger partial charge in [0, 0.05) is 37.7 Å². The van der Waals surface area contributed by atoms with Crippen LogP contribution in [-0.4, -0.2) is 53.5 Å². The van der Waals surface area contributed by atoms with Gasteiger partial charge >= 0.3 is 0 Å². The van der Waals surface area contributed by atoms with Crippen molar-refractivity contribution >= 4 is 16.7 Å². The van der Waals surface area contributed by atoms with Gasteiger partial charge in [-0.15, -0.1) is 0 Å². The van der Waals surface area contributed by atoms with Gasteiger partial charge in [-0.25, -0.2) is 4.98 Å². The van der Waals surface area contributed by atoms with Crippen LogP contribution in [0.25, 0.3) is 22.4 Å². The van der Waals surface area contributed by atoms with E-state index in [1.165, 1.54) is 31.2 Å². The van der Waals surface area contributed by atoms with E-state index in [0.717, 1.165) is 41.8 Å². The molecule has 0 spiro atoms. The molecule has 1 aliphatic heterocycles. The smallest absolute Gasteiger partial charge is 0.261 e.